The van der Waals surface area contributed by atoms with Crippen LogP contribution in [0.4, 0.5) is 0 Å². The Bertz CT molecular complexity index is 744. The predicted molar refractivity (Wildman–Crippen MR) is 86.3 cm³/mol. The molecule has 122 valence electrons. The van der Waals surface area contributed by atoms with Crippen molar-refractivity contribution < 1.29 is 14.3 Å². The highest BCUT2D eigenvalue weighted by Gasteiger charge is 2.27. The SMILES string of the molecule is Cc1nn(C)c(Cl)c1C(=O)N(C)C[C@H]1COc2ccccc2O1. The van der Waals surface area contributed by atoms with Gasteiger partial charge < -0.3 is 14.4 Å². The van der Waals surface area contributed by atoms with Crippen LogP contribution < -0.4 is 9.47 Å². The monoisotopic (exact) mass is 335 g/mol. The summed E-state index contributed by atoms with van der Waals surface area (Å²) in [4.78, 5) is 14.2. The molecule has 1 aromatic carbocycles. The van der Waals surface area contributed by atoms with Gasteiger partial charge in [0, 0.05) is 14.1 Å². The molecule has 1 aliphatic rings. The van der Waals surface area contributed by atoms with Crippen molar-refractivity contribution in [2.45, 2.75) is 13.0 Å². The molecule has 2 heterocycles. The van der Waals surface area contributed by atoms with E-state index >= 15 is 0 Å². The number of fused-ring (bicyclic) bond motifs is 1. The Labute approximate surface area is 139 Å². The van der Waals surface area contributed by atoms with E-state index in [0.717, 1.165) is 5.75 Å². The molecule has 0 radical (unpaired) electrons. The lowest BCUT2D eigenvalue weighted by atomic mass is 10.2. The van der Waals surface area contributed by atoms with Crippen molar-refractivity contribution in [3.63, 3.8) is 0 Å². The number of rotatable bonds is 3. The van der Waals surface area contributed by atoms with Crippen LogP contribution in [0.25, 0.3) is 0 Å². The van der Waals surface area contributed by atoms with Crippen LogP contribution in [0.5, 0.6) is 11.5 Å². The van der Waals surface area contributed by atoms with E-state index in [0.29, 0.717) is 35.3 Å². The number of benzene rings is 1. The first-order valence-corrected chi connectivity index (χ1v) is 7.68. The Morgan fingerprint density at radius 2 is 2.13 bits per heavy atom. The summed E-state index contributed by atoms with van der Waals surface area (Å²) in [5, 5.41) is 4.51. The molecule has 1 aliphatic heterocycles. The van der Waals surface area contributed by atoms with Gasteiger partial charge in [-0.05, 0) is 19.1 Å². The highest BCUT2D eigenvalue weighted by atomic mass is 35.5. The van der Waals surface area contributed by atoms with Gasteiger partial charge in [-0.3, -0.25) is 9.48 Å². The lowest BCUT2D eigenvalue weighted by molar-refractivity contribution is 0.0520. The van der Waals surface area contributed by atoms with Crippen LogP contribution in [0.2, 0.25) is 5.15 Å². The fraction of sp³-hybridized carbons (Fsp3) is 0.375. The van der Waals surface area contributed by atoms with Gasteiger partial charge in [-0.1, -0.05) is 23.7 Å². The van der Waals surface area contributed by atoms with E-state index in [2.05, 4.69) is 5.10 Å². The number of carbonyl (C=O) groups is 1. The second-order valence-corrected chi connectivity index (χ2v) is 5.92. The Morgan fingerprint density at radius 1 is 1.43 bits per heavy atom. The van der Waals surface area contributed by atoms with Gasteiger partial charge in [0.1, 0.15) is 11.8 Å². The van der Waals surface area contributed by atoms with E-state index in [-0.39, 0.29) is 12.0 Å². The van der Waals surface area contributed by atoms with Gasteiger partial charge in [0.2, 0.25) is 0 Å². The van der Waals surface area contributed by atoms with Crippen molar-refractivity contribution in [2.75, 3.05) is 20.2 Å². The molecule has 0 saturated heterocycles. The molecule has 0 aliphatic carbocycles. The standard InChI is InChI=1S/C16H18ClN3O3/c1-10-14(15(17)20(3)18-10)16(21)19(2)8-11-9-22-12-6-4-5-7-13(12)23-11/h4-7,11H,8-9H2,1-3H3/t11-/m0/s1. The first-order chi connectivity index (χ1) is 11.0. The minimum atomic E-state index is -0.227. The molecule has 1 aromatic heterocycles. The van der Waals surface area contributed by atoms with Crippen molar-refractivity contribution in [2.24, 2.45) is 7.05 Å². The molecule has 0 fully saturated rings. The number of para-hydroxylation sites is 2. The Morgan fingerprint density at radius 3 is 2.78 bits per heavy atom. The number of nitrogens with zero attached hydrogens (tertiary/aromatic N) is 3. The maximum Gasteiger partial charge on any atom is 0.258 e. The largest absolute Gasteiger partial charge is 0.486 e. The number of amides is 1. The van der Waals surface area contributed by atoms with E-state index in [1.807, 2.05) is 24.3 Å². The van der Waals surface area contributed by atoms with Gasteiger partial charge >= 0.3 is 0 Å². The van der Waals surface area contributed by atoms with Crippen LogP contribution in [-0.4, -0.2) is 46.9 Å². The zero-order valence-electron chi connectivity index (χ0n) is 13.2. The van der Waals surface area contributed by atoms with Gasteiger partial charge in [-0.15, -0.1) is 0 Å². The summed E-state index contributed by atoms with van der Waals surface area (Å²) in [6, 6.07) is 7.49. The third-order valence-corrected chi connectivity index (χ3v) is 4.19. The maximum atomic E-state index is 12.6. The van der Waals surface area contributed by atoms with Crippen molar-refractivity contribution in [3.8, 4) is 11.5 Å². The average Bonchev–Trinajstić information content (AvgIpc) is 2.79. The van der Waals surface area contributed by atoms with E-state index < -0.39 is 0 Å². The fourth-order valence-corrected chi connectivity index (χ4v) is 2.86. The first-order valence-electron chi connectivity index (χ1n) is 7.30. The number of aryl methyl sites for hydroxylation is 2. The second-order valence-electron chi connectivity index (χ2n) is 5.56. The molecule has 0 bridgehead atoms. The number of halogens is 1. The molecule has 0 spiro atoms. The summed E-state index contributed by atoms with van der Waals surface area (Å²) in [5.41, 5.74) is 1.04. The van der Waals surface area contributed by atoms with E-state index in [1.54, 1.807) is 25.9 Å². The van der Waals surface area contributed by atoms with Gasteiger partial charge in [0.25, 0.3) is 5.91 Å². The molecule has 6 nitrogen and oxygen atoms in total. The van der Waals surface area contributed by atoms with Crippen LogP contribution in [-0.2, 0) is 7.05 Å². The van der Waals surface area contributed by atoms with E-state index in [4.69, 9.17) is 21.1 Å². The van der Waals surface area contributed by atoms with Crippen LogP contribution in [0.3, 0.4) is 0 Å². The van der Waals surface area contributed by atoms with Crippen LogP contribution in [0.1, 0.15) is 16.1 Å². The molecule has 23 heavy (non-hydrogen) atoms. The highest BCUT2D eigenvalue weighted by molar-refractivity contribution is 6.33. The van der Waals surface area contributed by atoms with Crippen molar-refractivity contribution in [1.82, 2.24) is 14.7 Å². The molecule has 3 rings (SSSR count). The molecule has 1 amide bonds. The number of carbonyl (C=O) groups excluding carboxylic acids is 1. The minimum absolute atomic E-state index is 0.178. The molecule has 0 unspecified atom stereocenters. The zero-order chi connectivity index (χ0) is 16.6. The second kappa shape index (κ2) is 6.12. The molecule has 0 N–H and O–H groups in total. The van der Waals surface area contributed by atoms with Gasteiger partial charge in [0.05, 0.1) is 17.8 Å². The number of ether oxygens (including phenoxy) is 2. The summed E-state index contributed by atoms with van der Waals surface area (Å²) < 4.78 is 13.0. The molecule has 7 heteroatoms. The lowest BCUT2D eigenvalue weighted by Crippen LogP contribution is -2.42. The maximum absolute atomic E-state index is 12.6. The lowest BCUT2D eigenvalue weighted by Gasteiger charge is -2.29. The molecular formula is C16H18ClN3O3. The van der Waals surface area contributed by atoms with Crippen LogP contribution in [0, 0.1) is 6.92 Å². The smallest absolute Gasteiger partial charge is 0.258 e. The Kier molecular flexibility index (Phi) is 4.17. The summed E-state index contributed by atoms with van der Waals surface area (Å²) in [5.74, 6) is 1.24. The number of likely N-dealkylation sites (N-methyl/N-ethyl adjacent to an activating group) is 1. The van der Waals surface area contributed by atoms with Crippen molar-refractivity contribution >= 4 is 17.5 Å². The van der Waals surface area contributed by atoms with Crippen molar-refractivity contribution in [3.05, 3.63) is 40.7 Å². The number of hydrogen-bond acceptors (Lipinski definition) is 4. The molecule has 0 saturated carbocycles. The van der Waals surface area contributed by atoms with Crippen molar-refractivity contribution in [1.29, 1.82) is 0 Å². The topological polar surface area (TPSA) is 56.6 Å². The van der Waals surface area contributed by atoms with E-state index in [1.165, 1.54) is 4.68 Å². The Hall–Kier alpha value is -2.21. The summed E-state index contributed by atoms with van der Waals surface area (Å²) in [6.45, 7) is 2.57. The van der Waals surface area contributed by atoms with Crippen LogP contribution in [0.15, 0.2) is 24.3 Å². The summed E-state index contributed by atoms with van der Waals surface area (Å²) in [6.07, 6.45) is -0.227. The number of aromatic nitrogens is 2. The zero-order valence-corrected chi connectivity index (χ0v) is 14.0. The Balaban J connectivity index is 1.70. The van der Waals surface area contributed by atoms with Gasteiger partial charge in [0.15, 0.2) is 17.6 Å². The van der Waals surface area contributed by atoms with Crippen LogP contribution >= 0.6 is 11.6 Å². The van der Waals surface area contributed by atoms with E-state index in [9.17, 15) is 4.79 Å². The fourth-order valence-electron chi connectivity index (χ4n) is 2.61. The third-order valence-electron chi connectivity index (χ3n) is 3.76. The first kappa shape index (κ1) is 15.7. The normalized spacial score (nSPS) is 16.3. The van der Waals surface area contributed by atoms with Gasteiger partial charge in [-0.2, -0.15) is 5.10 Å². The molecular weight excluding hydrogens is 318 g/mol. The highest BCUT2D eigenvalue weighted by Crippen LogP contribution is 2.31. The third kappa shape index (κ3) is 2.99. The molecule has 1 atom stereocenters. The summed E-state index contributed by atoms with van der Waals surface area (Å²) in [7, 11) is 3.43. The average molecular weight is 336 g/mol. The minimum Gasteiger partial charge on any atom is -0.486 e. The predicted octanol–water partition coefficient (Wildman–Crippen LogP) is 2.29. The number of hydrogen-bond donors (Lipinski definition) is 0. The molecule has 2 aromatic rings. The summed E-state index contributed by atoms with van der Waals surface area (Å²) >= 11 is 6.16. The quantitative estimate of drug-likeness (QED) is 0.863. The van der Waals surface area contributed by atoms with Gasteiger partial charge in [-0.25, -0.2) is 0 Å².